The summed E-state index contributed by atoms with van der Waals surface area (Å²) >= 11 is 0. The number of ether oxygens (including phenoxy) is 2. The van der Waals surface area contributed by atoms with E-state index in [1.54, 1.807) is 0 Å². The van der Waals surface area contributed by atoms with Gasteiger partial charge in [-0.1, -0.05) is 0 Å². The number of benzene rings is 2. The Morgan fingerprint density at radius 3 is 2.03 bits per heavy atom. The summed E-state index contributed by atoms with van der Waals surface area (Å²) in [4.78, 5) is 12.3. The Balaban J connectivity index is 1.98. The van der Waals surface area contributed by atoms with Gasteiger partial charge >= 0.3 is 12.4 Å². The van der Waals surface area contributed by atoms with Gasteiger partial charge in [-0.05, 0) is 36.4 Å². The molecule has 0 radical (unpaired) electrons. The average molecular weight is 512 g/mol. The van der Waals surface area contributed by atoms with Crippen molar-refractivity contribution in [1.29, 1.82) is 0 Å². The lowest BCUT2D eigenvalue weighted by molar-refractivity contribution is -0.143. The van der Waals surface area contributed by atoms with E-state index in [-0.39, 0.29) is 48.6 Å². The molecule has 1 aliphatic rings. The maximum atomic E-state index is 13.1. The van der Waals surface area contributed by atoms with Crippen molar-refractivity contribution < 1.29 is 49.0 Å². The second-order valence-electron chi connectivity index (χ2n) is 7.13. The number of carbonyl (C=O) groups is 1. The largest absolute Gasteiger partial charge is 0.495 e. The number of carbonyl (C=O) groups excluding carboxylic acids is 1. The summed E-state index contributed by atoms with van der Waals surface area (Å²) in [5.41, 5.74) is -4.30. The minimum Gasteiger partial charge on any atom is -0.495 e. The van der Waals surface area contributed by atoms with Crippen LogP contribution < -0.4 is 10.1 Å². The number of rotatable bonds is 5. The van der Waals surface area contributed by atoms with Crippen molar-refractivity contribution in [3.05, 3.63) is 53.1 Å². The number of amides is 1. The number of hydrogen-bond donors (Lipinski definition) is 1. The zero-order valence-electron chi connectivity index (χ0n) is 17.5. The molecule has 0 saturated carbocycles. The van der Waals surface area contributed by atoms with Crippen LogP contribution in [0.2, 0.25) is 0 Å². The van der Waals surface area contributed by atoms with Crippen LogP contribution in [0.15, 0.2) is 41.3 Å². The molecule has 0 bridgehead atoms. The second-order valence-corrected chi connectivity index (χ2v) is 9.04. The van der Waals surface area contributed by atoms with Crippen LogP contribution in [0.5, 0.6) is 5.75 Å². The number of nitrogens with one attached hydrogen (secondary N) is 1. The van der Waals surface area contributed by atoms with Crippen molar-refractivity contribution in [3.63, 3.8) is 0 Å². The molecule has 1 aliphatic heterocycles. The maximum absolute atomic E-state index is 13.1. The first-order valence-electron chi connectivity index (χ1n) is 9.60. The van der Waals surface area contributed by atoms with Gasteiger partial charge in [-0.25, -0.2) is 8.42 Å². The number of halogens is 6. The summed E-state index contributed by atoms with van der Waals surface area (Å²) in [7, 11) is -2.93. The van der Waals surface area contributed by atoms with Crippen molar-refractivity contribution in [2.75, 3.05) is 38.7 Å². The van der Waals surface area contributed by atoms with Crippen molar-refractivity contribution in [1.82, 2.24) is 4.31 Å². The van der Waals surface area contributed by atoms with Crippen LogP contribution in [-0.4, -0.2) is 52.0 Å². The van der Waals surface area contributed by atoms with Gasteiger partial charge in [0.25, 0.3) is 5.91 Å². The number of hydrogen-bond acceptors (Lipinski definition) is 5. The van der Waals surface area contributed by atoms with E-state index in [1.807, 2.05) is 5.32 Å². The SMILES string of the molecule is COc1ccc(C(=O)Nc2cc(C(F)(F)F)cc(C(F)(F)F)c2)cc1S(=O)(=O)N1CCOCC1. The molecule has 7 nitrogen and oxygen atoms in total. The number of sulfonamides is 1. The molecule has 1 saturated heterocycles. The van der Waals surface area contributed by atoms with Crippen LogP contribution in [0, 0.1) is 0 Å². The van der Waals surface area contributed by atoms with Crippen LogP contribution in [-0.2, 0) is 27.1 Å². The van der Waals surface area contributed by atoms with Gasteiger partial charge in [0.05, 0.1) is 31.5 Å². The number of morpholine rings is 1. The quantitative estimate of drug-likeness (QED) is 0.613. The van der Waals surface area contributed by atoms with E-state index in [2.05, 4.69) is 0 Å². The molecule has 186 valence electrons. The van der Waals surface area contributed by atoms with Crippen LogP contribution >= 0.6 is 0 Å². The number of alkyl halides is 6. The molecule has 0 aromatic heterocycles. The van der Waals surface area contributed by atoms with Gasteiger partial charge < -0.3 is 14.8 Å². The first kappa shape index (κ1) is 25.8. The summed E-state index contributed by atoms with van der Waals surface area (Å²) in [6.45, 7) is 0.399. The first-order valence-corrected chi connectivity index (χ1v) is 11.0. The fourth-order valence-corrected chi connectivity index (χ4v) is 4.77. The highest BCUT2D eigenvalue weighted by Crippen LogP contribution is 2.38. The van der Waals surface area contributed by atoms with E-state index >= 15 is 0 Å². The molecular weight excluding hydrogens is 494 g/mol. The molecule has 1 heterocycles. The Labute approximate surface area is 190 Å². The van der Waals surface area contributed by atoms with E-state index < -0.39 is 45.1 Å². The molecule has 0 spiro atoms. The van der Waals surface area contributed by atoms with Crippen LogP contribution in [0.4, 0.5) is 32.0 Å². The highest BCUT2D eigenvalue weighted by Gasteiger charge is 2.37. The number of anilines is 1. The third-order valence-corrected chi connectivity index (χ3v) is 6.78. The monoisotopic (exact) mass is 512 g/mol. The topological polar surface area (TPSA) is 84.9 Å². The molecule has 2 aromatic rings. The third kappa shape index (κ3) is 5.62. The molecule has 1 N–H and O–H groups in total. The van der Waals surface area contributed by atoms with Gasteiger partial charge in [0.2, 0.25) is 10.0 Å². The smallest absolute Gasteiger partial charge is 0.416 e. The van der Waals surface area contributed by atoms with Gasteiger partial charge in [-0.3, -0.25) is 4.79 Å². The van der Waals surface area contributed by atoms with Gasteiger partial charge in [-0.15, -0.1) is 0 Å². The normalized spacial score (nSPS) is 15.7. The minimum absolute atomic E-state index is 0.0480. The third-order valence-electron chi connectivity index (χ3n) is 4.86. The zero-order chi connectivity index (χ0) is 25.3. The van der Waals surface area contributed by atoms with Gasteiger partial charge in [0, 0.05) is 24.3 Å². The van der Waals surface area contributed by atoms with Crippen molar-refractivity contribution in [3.8, 4) is 5.75 Å². The number of methoxy groups -OCH3 is 1. The lowest BCUT2D eigenvalue weighted by atomic mass is 10.1. The minimum atomic E-state index is -5.10. The summed E-state index contributed by atoms with van der Waals surface area (Å²) < 4.78 is 116. The average Bonchev–Trinajstić information content (AvgIpc) is 2.77. The van der Waals surface area contributed by atoms with Crippen LogP contribution in [0.25, 0.3) is 0 Å². The molecule has 34 heavy (non-hydrogen) atoms. The predicted octanol–water partition coefficient (Wildman–Crippen LogP) is 4.01. The molecule has 0 atom stereocenters. The summed E-state index contributed by atoms with van der Waals surface area (Å²) in [5.74, 6) is -1.21. The highest BCUT2D eigenvalue weighted by atomic mass is 32.2. The summed E-state index contributed by atoms with van der Waals surface area (Å²) in [6.07, 6.45) is -10.2. The molecule has 2 aromatic carbocycles. The van der Waals surface area contributed by atoms with Crippen molar-refractivity contribution >= 4 is 21.6 Å². The first-order chi connectivity index (χ1) is 15.7. The fourth-order valence-electron chi connectivity index (χ4n) is 3.18. The summed E-state index contributed by atoms with van der Waals surface area (Å²) in [5, 5.41) is 1.97. The lowest BCUT2D eigenvalue weighted by Gasteiger charge is -2.26. The maximum Gasteiger partial charge on any atom is 0.416 e. The lowest BCUT2D eigenvalue weighted by Crippen LogP contribution is -2.40. The molecule has 0 aliphatic carbocycles. The molecular formula is C20H18F6N2O5S. The Bertz CT molecular complexity index is 1140. The second kappa shape index (κ2) is 9.43. The van der Waals surface area contributed by atoms with Gasteiger partial charge in [-0.2, -0.15) is 30.6 Å². The van der Waals surface area contributed by atoms with Crippen molar-refractivity contribution in [2.24, 2.45) is 0 Å². The Morgan fingerprint density at radius 2 is 1.53 bits per heavy atom. The molecule has 1 amide bonds. The molecule has 0 unspecified atom stereocenters. The molecule has 3 rings (SSSR count). The fraction of sp³-hybridized carbons (Fsp3) is 0.350. The number of nitrogens with zero attached hydrogens (tertiary/aromatic N) is 1. The van der Waals surface area contributed by atoms with Crippen LogP contribution in [0.3, 0.4) is 0 Å². The predicted molar refractivity (Wildman–Crippen MR) is 107 cm³/mol. The van der Waals surface area contributed by atoms with Crippen LogP contribution in [0.1, 0.15) is 21.5 Å². The molecule has 1 fully saturated rings. The summed E-state index contributed by atoms with van der Waals surface area (Å²) in [6, 6.07) is 3.86. The Kier molecular flexibility index (Phi) is 7.15. The van der Waals surface area contributed by atoms with Gasteiger partial charge in [0.1, 0.15) is 10.6 Å². The van der Waals surface area contributed by atoms with Gasteiger partial charge in [0.15, 0.2) is 0 Å². The van der Waals surface area contributed by atoms with E-state index in [0.717, 1.165) is 22.5 Å². The molecule has 14 heteroatoms. The standard InChI is InChI=1S/C20H18F6N2O5S/c1-32-16-3-2-12(8-17(16)34(30,31)28-4-6-33-7-5-28)18(29)27-15-10-13(19(21,22)23)9-14(11-15)20(24,25)26/h2-3,8-11H,4-7H2,1H3,(H,27,29). The Hall–Kier alpha value is -2.84. The zero-order valence-corrected chi connectivity index (χ0v) is 18.3. The highest BCUT2D eigenvalue weighted by molar-refractivity contribution is 7.89. The van der Waals surface area contributed by atoms with E-state index in [0.29, 0.717) is 12.1 Å². The van der Waals surface area contributed by atoms with E-state index in [1.165, 1.54) is 7.11 Å². The Morgan fingerprint density at radius 1 is 0.971 bits per heavy atom. The van der Waals surface area contributed by atoms with Crippen molar-refractivity contribution in [2.45, 2.75) is 17.2 Å². The van der Waals surface area contributed by atoms with E-state index in [4.69, 9.17) is 9.47 Å². The van der Waals surface area contributed by atoms with E-state index in [9.17, 15) is 39.6 Å².